The molecule has 56 valence electrons. The van der Waals surface area contributed by atoms with E-state index in [0.717, 1.165) is 0 Å². The third-order valence-electron chi connectivity index (χ3n) is 0.539. The van der Waals surface area contributed by atoms with Gasteiger partial charge in [0.2, 0.25) is 0 Å². The predicted molar refractivity (Wildman–Crippen MR) is 23.9 cm³/mol. The Bertz CT molecular complexity index is 180. The third-order valence-corrected chi connectivity index (χ3v) is 1.62. The zero-order chi connectivity index (χ0) is 7.71. The Kier molecular flexibility index (Phi) is 2.07. The molecule has 0 aromatic rings. The maximum atomic E-state index is 11.2. The first kappa shape index (κ1) is 8.70. The van der Waals surface area contributed by atoms with Gasteiger partial charge >= 0.3 is 5.51 Å². The molecule has 0 amide bonds. The quantitative estimate of drug-likeness (QED) is 0.629. The van der Waals surface area contributed by atoms with Crippen LogP contribution in [-0.4, -0.2) is 16.8 Å². The fraction of sp³-hybridized carbons (Fsp3) is 1.00. The molecule has 0 aliphatic carbocycles. The van der Waals surface area contributed by atoms with Gasteiger partial charge in [-0.3, -0.25) is 4.18 Å². The summed E-state index contributed by atoms with van der Waals surface area (Å²) in [5.74, 6) is 0. The van der Waals surface area contributed by atoms with Gasteiger partial charge in [-0.25, -0.2) is 8.99 Å². The van der Waals surface area contributed by atoms with Crippen LogP contribution >= 0.6 is 0 Å². The van der Waals surface area contributed by atoms with Gasteiger partial charge in [-0.15, -0.1) is 0 Å². The van der Waals surface area contributed by atoms with Gasteiger partial charge in [0.25, 0.3) is 10.0 Å². The van der Waals surface area contributed by atoms with E-state index in [-0.39, 0.29) is 0 Å². The highest BCUT2D eigenvalue weighted by molar-refractivity contribution is 7.88. The SMILES string of the molecule is COS(=N)(=O)C(F)(F)F. The maximum Gasteiger partial charge on any atom is 0.503 e. The van der Waals surface area contributed by atoms with Gasteiger partial charge in [-0.1, -0.05) is 0 Å². The molecule has 0 rings (SSSR count). The lowest BCUT2D eigenvalue weighted by molar-refractivity contribution is -0.0488. The van der Waals surface area contributed by atoms with Crippen LogP contribution in [0.2, 0.25) is 0 Å². The normalized spacial score (nSPS) is 19.1. The van der Waals surface area contributed by atoms with E-state index in [4.69, 9.17) is 4.78 Å². The van der Waals surface area contributed by atoms with Gasteiger partial charge in [-0.05, 0) is 0 Å². The average Bonchev–Trinajstić information content (AvgIpc) is 1.64. The molecule has 1 atom stereocenters. The van der Waals surface area contributed by atoms with Crippen LogP contribution in [0.15, 0.2) is 0 Å². The highest BCUT2D eigenvalue weighted by atomic mass is 32.2. The zero-order valence-electron chi connectivity index (χ0n) is 4.36. The Morgan fingerprint density at radius 2 is 1.89 bits per heavy atom. The second-order valence-corrected chi connectivity index (χ2v) is 2.92. The van der Waals surface area contributed by atoms with Crippen molar-refractivity contribution >= 4 is 10.0 Å². The Morgan fingerprint density at radius 1 is 1.56 bits per heavy atom. The van der Waals surface area contributed by atoms with Crippen molar-refractivity contribution in [2.75, 3.05) is 7.11 Å². The molecular formula is C2H4F3NO2S. The van der Waals surface area contributed by atoms with Crippen molar-refractivity contribution in [1.29, 1.82) is 4.78 Å². The molecule has 3 nitrogen and oxygen atoms in total. The van der Waals surface area contributed by atoms with Gasteiger partial charge in [0.15, 0.2) is 0 Å². The van der Waals surface area contributed by atoms with Crippen molar-refractivity contribution in [1.82, 2.24) is 0 Å². The minimum absolute atomic E-state index is 0.572. The summed E-state index contributed by atoms with van der Waals surface area (Å²) < 4.78 is 53.0. The van der Waals surface area contributed by atoms with E-state index >= 15 is 0 Å². The molecule has 0 aromatic carbocycles. The van der Waals surface area contributed by atoms with Crippen molar-refractivity contribution < 1.29 is 21.6 Å². The number of halogens is 3. The number of hydrogen-bond donors (Lipinski definition) is 1. The molecule has 0 heterocycles. The Morgan fingerprint density at radius 3 is 1.89 bits per heavy atom. The lowest BCUT2D eigenvalue weighted by Crippen LogP contribution is -2.22. The summed E-state index contributed by atoms with van der Waals surface area (Å²) in [6.07, 6.45) is 0. The average molecular weight is 163 g/mol. The second kappa shape index (κ2) is 2.14. The van der Waals surface area contributed by atoms with Gasteiger partial charge < -0.3 is 0 Å². The number of hydrogen-bond acceptors (Lipinski definition) is 3. The Hall–Kier alpha value is -0.300. The first-order valence-corrected chi connectivity index (χ1v) is 3.20. The standard InChI is InChI=1S/C2H4F3NO2S/c1-8-9(6,7)2(3,4)5/h6H,1H3. The van der Waals surface area contributed by atoms with E-state index in [1.807, 2.05) is 0 Å². The maximum absolute atomic E-state index is 11.2. The zero-order valence-corrected chi connectivity index (χ0v) is 5.18. The molecule has 0 saturated carbocycles. The van der Waals surface area contributed by atoms with Crippen molar-refractivity contribution in [3.8, 4) is 0 Å². The summed E-state index contributed by atoms with van der Waals surface area (Å²) in [7, 11) is -4.26. The van der Waals surface area contributed by atoms with Crippen LogP contribution in [0.5, 0.6) is 0 Å². The molecule has 0 spiro atoms. The first-order chi connectivity index (χ1) is 3.81. The van der Waals surface area contributed by atoms with E-state index in [9.17, 15) is 17.4 Å². The smallest absolute Gasteiger partial charge is 0.282 e. The summed E-state index contributed by atoms with van der Waals surface area (Å²) in [5.41, 5.74) is -5.08. The number of nitrogens with one attached hydrogen (secondary N) is 1. The molecule has 0 saturated heterocycles. The molecular weight excluding hydrogens is 159 g/mol. The minimum Gasteiger partial charge on any atom is -0.282 e. The molecule has 0 radical (unpaired) electrons. The van der Waals surface area contributed by atoms with Crippen LogP contribution < -0.4 is 0 Å². The first-order valence-electron chi connectivity index (χ1n) is 1.72. The topological polar surface area (TPSA) is 50.1 Å². The monoisotopic (exact) mass is 163 g/mol. The fourth-order valence-corrected chi connectivity index (χ4v) is 0.283. The van der Waals surface area contributed by atoms with Gasteiger partial charge in [0, 0.05) is 0 Å². The summed E-state index contributed by atoms with van der Waals surface area (Å²) in [5, 5.41) is 0. The lowest BCUT2D eigenvalue weighted by Gasteiger charge is -2.06. The van der Waals surface area contributed by atoms with Crippen LogP contribution in [0.25, 0.3) is 0 Å². The summed E-state index contributed by atoms with van der Waals surface area (Å²) in [6, 6.07) is 0. The van der Waals surface area contributed by atoms with E-state index < -0.39 is 15.5 Å². The van der Waals surface area contributed by atoms with E-state index in [1.165, 1.54) is 0 Å². The molecule has 0 bridgehead atoms. The highest BCUT2D eigenvalue weighted by Crippen LogP contribution is 2.24. The third kappa shape index (κ3) is 1.83. The van der Waals surface area contributed by atoms with Crippen LogP contribution in [0.4, 0.5) is 13.2 Å². The summed E-state index contributed by atoms with van der Waals surface area (Å²) in [6.45, 7) is 0. The van der Waals surface area contributed by atoms with Crippen molar-refractivity contribution in [3.63, 3.8) is 0 Å². The van der Waals surface area contributed by atoms with Crippen LogP contribution in [0, 0.1) is 4.78 Å². The van der Waals surface area contributed by atoms with Crippen LogP contribution in [0.3, 0.4) is 0 Å². The number of alkyl halides is 3. The predicted octanol–water partition coefficient (Wildman–Crippen LogP) is 1.11. The second-order valence-electron chi connectivity index (χ2n) is 1.12. The van der Waals surface area contributed by atoms with Gasteiger partial charge in [0.1, 0.15) is 0 Å². The van der Waals surface area contributed by atoms with Gasteiger partial charge in [0.05, 0.1) is 7.11 Å². The molecule has 0 aromatic heterocycles. The summed E-state index contributed by atoms with van der Waals surface area (Å²) >= 11 is 0. The van der Waals surface area contributed by atoms with Gasteiger partial charge in [-0.2, -0.15) is 13.2 Å². The molecule has 0 fully saturated rings. The Labute approximate surface area is 50.0 Å². The molecule has 1 N–H and O–H groups in total. The molecule has 0 aliphatic rings. The van der Waals surface area contributed by atoms with Crippen LogP contribution in [-0.2, 0) is 14.2 Å². The molecule has 1 unspecified atom stereocenters. The van der Waals surface area contributed by atoms with Crippen LogP contribution in [0.1, 0.15) is 0 Å². The van der Waals surface area contributed by atoms with E-state index in [1.54, 1.807) is 0 Å². The fourth-order valence-electron chi connectivity index (χ4n) is 0.0945. The van der Waals surface area contributed by atoms with Crippen molar-refractivity contribution in [3.05, 3.63) is 0 Å². The lowest BCUT2D eigenvalue weighted by atomic mass is 11.6. The van der Waals surface area contributed by atoms with Crippen molar-refractivity contribution in [2.24, 2.45) is 0 Å². The minimum atomic E-state index is -5.08. The number of rotatable bonds is 1. The van der Waals surface area contributed by atoms with E-state index in [0.29, 0.717) is 7.11 Å². The van der Waals surface area contributed by atoms with E-state index in [2.05, 4.69) is 4.18 Å². The largest absolute Gasteiger partial charge is 0.503 e. The Balaban J connectivity index is 4.57. The highest BCUT2D eigenvalue weighted by Gasteiger charge is 2.42. The van der Waals surface area contributed by atoms with Crippen molar-refractivity contribution in [2.45, 2.75) is 5.51 Å². The molecule has 7 heteroatoms. The molecule has 0 aliphatic heterocycles. The molecule has 9 heavy (non-hydrogen) atoms. The summed E-state index contributed by atoms with van der Waals surface area (Å²) in [4.78, 5) is 0.